The first kappa shape index (κ1) is 15.5. The maximum absolute atomic E-state index is 12.3. The molecule has 1 aromatic heterocycles. The van der Waals surface area contributed by atoms with Gasteiger partial charge >= 0.3 is 0 Å². The fraction of sp³-hybridized carbons (Fsp3) is 0.385. The fourth-order valence-corrected chi connectivity index (χ4v) is 3.18. The van der Waals surface area contributed by atoms with Crippen molar-refractivity contribution in [2.24, 2.45) is 0 Å². The van der Waals surface area contributed by atoms with Gasteiger partial charge in [-0.25, -0.2) is 18.1 Å². The zero-order chi connectivity index (χ0) is 15.1. The Morgan fingerprint density at radius 1 is 1.29 bits per heavy atom. The second kappa shape index (κ2) is 7.19. The maximum atomic E-state index is 12.3. The molecule has 0 unspecified atom stereocenters. The first-order valence-electron chi connectivity index (χ1n) is 6.80. The summed E-state index contributed by atoms with van der Waals surface area (Å²) >= 11 is 0. The molecule has 0 aliphatic rings. The number of para-hydroxylation sites is 1. The lowest BCUT2D eigenvalue weighted by Gasteiger charge is -2.12. The van der Waals surface area contributed by atoms with E-state index < -0.39 is 10.0 Å². The van der Waals surface area contributed by atoms with Gasteiger partial charge in [0.25, 0.3) is 0 Å². The molecule has 2 aromatic rings. The number of rotatable bonds is 8. The van der Waals surface area contributed by atoms with Crippen LogP contribution in [0.25, 0.3) is 0 Å². The van der Waals surface area contributed by atoms with Crippen molar-refractivity contribution >= 4 is 15.7 Å². The zero-order valence-electron chi connectivity index (χ0n) is 11.8. The third-order valence-corrected chi connectivity index (χ3v) is 4.41. The Labute approximate surface area is 124 Å². The lowest BCUT2D eigenvalue weighted by molar-refractivity contribution is 0.578. The minimum absolute atomic E-state index is 0.270. The molecule has 2 rings (SSSR count). The van der Waals surface area contributed by atoms with E-state index in [1.807, 2.05) is 6.92 Å². The standard InChI is InChI=1S/C13H19N5O2S/c1-2-14-11-6-3-4-7-12(11)21(19,20)17-9-5-8-13-15-10-16-18-13/h3-4,6-7,10,14,17H,2,5,8-9H2,1H3,(H,15,16,18). The van der Waals surface area contributed by atoms with Crippen LogP contribution in [0, 0.1) is 0 Å². The lowest BCUT2D eigenvalue weighted by Crippen LogP contribution is -2.26. The largest absolute Gasteiger partial charge is 0.384 e. The highest BCUT2D eigenvalue weighted by Gasteiger charge is 2.17. The number of H-pyrrole nitrogens is 1. The number of nitrogens with one attached hydrogen (secondary N) is 3. The molecular formula is C13H19N5O2S. The van der Waals surface area contributed by atoms with Crippen molar-refractivity contribution in [1.82, 2.24) is 19.9 Å². The Kier molecular flexibility index (Phi) is 5.29. The van der Waals surface area contributed by atoms with Crippen LogP contribution < -0.4 is 10.0 Å². The molecule has 0 radical (unpaired) electrons. The van der Waals surface area contributed by atoms with Crippen LogP contribution >= 0.6 is 0 Å². The van der Waals surface area contributed by atoms with E-state index in [4.69, 9.17) is 0 Å². The Hall–Kier alpha value is -1.93. The second-order valence-corrected chi connectivity index (χ2v) is 6.20. The molecule has 0 bridgehead atoms. The Morgan fingerprint density at radius 2 is 2.10 bits per heavy atom. The monoisotopic (exact) mass is 309 g/mol. The minimum Gasteiger partial charge on any atom is -0.384 e. The molecule has 8 heteroatoms. The first-order chi connectivity index (χ1) is 10.1. The first-order valence-corrected chi connectivity index (χ1v) is 8.28. The number of nitrogens with zero attached hydrogens (tertiary/aromatic N) is 2. The summed E-state index contributed by atoms with van der Waals surface area (Å²) in [5, 5.41) is 9.54. The Morgan fingerprint density at radius 3 is 2.81 bits per heavy atom. The summed E-state index contributed by atoms with van der Waals surface area (Å²) in [6.07, 6.45) is 2.74. The summed E-state index contributed by atoms with van der Waals surface area (Å²) < 4.78 is 27.2. The molecule has 0 fully saturated rings. The predicted octanol–water partition coefficient (Wildman–Crippen LogP) is 1.15. The highest BCUT2D eigenvalue weighted by molar-refractivity contribution is 7.89. The Balaban J connectivity index is 1.95. The van der Waals surface area contributed by atoms with Crippen LogP contribution in [-0.4, -0.2) is 36.7 Å². The lowest BCUT2D eigenvalue weighted by atomic mass is 10.3. The normalized spacial score (nSPS) is 11.5. The fourth-order valence-electron chi connectivity index (χ4n) is 1.93. The summed E-state index contributed by atoms with van der Waals surface area (Å²) in [6, 6.07) is 6.87. The molecule has 114 valence electrons. The minimum atomic E-state index is -3.51. The van der Waals surface area contributed by atoms with Crippen molar-refractivity contribution in [2.75, 3.05) is 18.4 Å². The smallest absolute Gasteiger partial charge is 0.242 e. The average molecular weight is 309 g/mol. The van der Waals surface area contributed by atoms with Gasteiger partial charge in [-0.3, -0.25) is 5.10 Å². The molecule has 1 heterocycles. The summed E-state index contributed by atoms with van der Waals surface area (Å²) in [4.78, 5) is 4.26. The van der Waals surface area contributed by atoms with Crippen molar-refractivity contribution in [3.8, 4) is 0 Å². The number of anilines is 1. The van der Waals surface area contributed by atoms with Crippen LogP contribution in [0.3, 0.4) is 0 Å². The van der Waals surface area contributed by atoms with Crippen molar-refractivity contribution in [3.63, 3.8) is 0 Å². The number of benzene rings is 1. The number of hydrogen-bond acceptors (Lipinski definition) is 5. The summed E-state index contributed by atoms with van der Waals surface area (Å²) in [6.45, 7) is 2.94. The average Bonchev–Trinajstić information content (AvgIpc) is 2.98. The molecule has 0 saturated carbocycles. The highest BCUT2D eigenvalue weighted by Crippen LogP contribution is 2.20. The van der Waals surface area contributed by atoms with Gasteiger partial charge < -0.3 is 5.32 Å². The molecule has 0 spiro atoms. The molecular weight excluding hydrogens is 290 g/mol. The van der Waals surface area contributed by atoms with E-state index >= 15 is 0 Å². The van der Waals surface area contributed by atoms with Gasteiger partial charge in [-0.15, -0.1) is 0 Å². The van der Waals surface area contributed by atoms with Crippen LogP contribution in [-0.2, 0) is 16.4 Å². The molecule has 21 heavy (non-hydrogen) atoms. The van der Waals surface area contributed by atoms with Gasteiger partial charge in [-0.2, -0.15) is 5.10 Å². The highest BCUT2D eigenvalue weighted by atomic mass is 32.2. The molecule has 7 nitrogen and oxygen atoms in total. The van der Waals surface area contributed by atoms with Crippen LogP contribution in [0.4, 0.5) is 5.69 Å². The van der Waals surface area contributed by atoms with Gasteiger partial charge in [0, 0.05) is 19.5 Å². The summed E-state index contributed by atoms with van der Waals surface area (Å²) in [5.74, 6) is 0.752. The van der Waals surface area contributed by atoms with Crippen LogP contribution in [0.5, 0.6) is 0 Å². The van der Waals surface area contributed by atoms with Gasteiger partial charge in [0.2, 0.25) is 10.0 Å². The number of aryl methyl sites for hydroxylation is 1. The van der Waals surface area contributed by atoms with Gasteiger partial charge in [0.15, 0.2) is 0 Å². The molecule has 0 aliphatic carbocycles. The van der Waals surface area contributed by atoms with E-state index in [1.165, 1.54) is 6.33 Å². The number of sulfonamides is 1. The van der Waals surface area contributed by atoms with Crippen molar-refractivity contribution in [2.45, 2.75) is 24.7 Å². The molecule has 0 aliphatic heterocycles. The second-order valence-electron chi connectivity index (χ2n) is 4.46. The number of aromatic nitrogens is 3. The van der Waals surface area contributed by atoms with E-state index in [1.54, 1.807) is 24.3 Å². The van der Waals surface area contributed by atoms with Gasteiger partial charge in [0.05, 0.1) is 5.69 Å². The quantitative estimate of drug-likeness (QED) is 0.635. The Bertz CT molecular complexity index is 655. The third-order valence-electron chi connectivity index (χ3n) is 2.89. The van der Waals surface area contributed by atoms with Gasteiger partial charge in [0.1, 0.15) is 17.0 Å². The van der Waals surface area contributed by atoms with Crippen molar-refractivity contribution < 1.29 is 8.42 Å². The molecule has 0 atom stereocenters. The van der Waals surface area contributed by atoms with Crippen molar-refractivity contribution in [1.29, 1.82) is 0 Å². The van der Waals surface area contributed by atoms with Crippen LogP contribution in [0.1, 0.15) is 19.2 Å². The van der Waals surface area contributed by atoms with Crippen molar-refractivity contribution in [3.05, 3.63) is 36.4 Å². The van der Waals surface area contributed by atoms with E-state index in [2.05, 4.69) is 25.2 Å². The summed E-state index contributed by atoms with van der Waals surface area (Å²) in [7, 11) is -3.51. The van der Waals surface area contributed by atoms with E-state index in [-0.39, 0.29) is 4.90 Å². The number of aromatic amines is 1. The molecule has 0 amide bonds. The SMILES string of the molecule is CCNc1ccccc1S(=O)(=O)NCCCc1ncn[nH]1. The van der Waals surface area contributed by atoms with Gasteiger partial charge in [-0.05, 0) is 25.5 Å². The van der Waals surface area contributed by atoms with E-state index in [9.17, 15) is 8.42 Å². The summed E-state index contributed by atoms with van der Waals surface area (Å²) in [5.41, 5.74) is 0.614. The molecule has 0 saturated heterocycles. The van der Waals surface area contributed by atoms with E-state index in [0.29, 0.717) is 31.6 Å². The zero-order valence-corrected chi connectivity index (χ0v) is 12.7. The third kappa shape index (κ3) is 4.27. The number of hydrogen-bond donors (Lipinski definition) is 3. The molecule has 3 N–H and O–H groups in total. The topological polar surface area (TPSA) is 99.8 Å². The van der Waals surface area contributed by atoms with Crippen LogP contribution in [0.15, 0.2) is 35.5 Å². The van der Waals surface area contributed by atoms with Crippen LogP contribution in [0.2, 0.25) is 0 Å². The van der Waals surface area contributed by atoms with E-state index in [0.717, 1.165) is 5.82 Å². The molecule has 1 aromatic carbocycles. The van der Waals surface area contributed by atoms with Gasteiger partial charge in [-0.1, -0.05) is 12.1 Å². The predicted molar refractivity (Wildman–Crippen MR) is 80.5 cm³/mol. The maximum Gasteiger partial charge on any atom is 0.242 e.